The van der Waals surface area contributed by atoms with E-state index in [-0.39, 0.29) is 6.42 Å². The lowest BCUT2D eigenvalue weighted by Gasteiger charge is -2.36. The normalized spacial score (nSPS) is 29.2. The summed E-state index contributed by atoms with van der Waals surface area (Å²) in [7, 11) is 0. The summed E-state index contributed by atoms with van der Waals surface area (Å²) in [5.74, 6) is 0.0243. The van der Waals surface area contributed by atoms with Crippen LogP contribution in [0.1, 0.15) is 51.9 Å². The van der Waals surface area contributed by atoms with Gasteiger partial charge in [-0.25, -0.2) is 0 Å². The van der Waals surface area contributed by atoms with Crippen LogP contribution in [0.4, 0.5) is 0 Å². The second-order valence-corrected chi connectivity index (χ2v) is 5.25. The zero-order chi connectivity index (χ0) is 12.7. The molecule has 0 radical (unpaired) electrons. The molecule has 17 heavy (non-hydrogen) atoms. The van der Waals surface area contributed by atoms with Crippen LogP contribution in [0.3, 0.4) is 0 Å². The molecule has 1 aliphatic rings. The van der Waals surface area contributed by atoms with Gasteiger partial charge in [-0.05, 0) is 44.6 Å². The minimum absolute atomic E-state index is 0.198. The number of hydrogen-bond acceptors (Lipinski definition) is 3. The molecule has 1 rings (SSSR count). The van der Waals surface area contributed by atoms with E-state index in [9.17, 15) is 9.90 Å². The van der Waals surface area contributed by atoms with E-state index in [2.05, 4.69) is 12.2 Å². The first-order chi connectivity index (χ1) is 8.06. The van der Waals surface area contributed by atoms with Crippen molar-refractivity contribution in [2.24, 2.45) is 5.92 Å². The third-order valence-electron chi connectivity index (χ3n) is 3.81. The first-order valence-electron chi connectivity index (χ1n) is 6.70. The first kappa shape index (κ1) is 14.5. The van der Waals surface area contributed by atoms with E-state index in [1.54, 1.807) is 0 Å². The fraction of sp³-hybridized carbons (Fsp3) is 0.923. The van der Waals surface area contributed by atoms with Gasteiger partial charge in [0.05, 0.1) is 5.60 Å². The molecule has 0 saturated heterocycles. The van der Waals surface area contributed by atoms with Gasteiger partial charge in [-0.15, -0.1) is 0 Å². The number of aliphatic hydroxyl groups is 1. The first-order valence-corrected chi connectivity index (χ1v) is 6.70. The Morgan fingerprint density at radius 1 is 1.41 bits per heavy atom. The van der Waals surface area contributed by atoms with Crippen molar-refractivity contribution in [1.29, 1.82) is 0 Å². The molecule has 1 saturated carbocycles. The van der Waals surface area contributed by atoms with E-state index >= 15 is 0 Å². The van der Waals surface area contributed by atoms with Gasteiger partial charge in [0.25, 0.3) is 0 Å². The topological polar surface area (TPSA) is 69.6 Å². The van der Waals surface area contributed by atoms with Gasteiger partial charge in [-0.1, -0.05) is 13.3 Å². The summed E-state index contributed by atoms with van der Waals surface area (Å²) in [5.41, 5.74) is -0.561. The van der Waals surface area contributed by atoms with E-state index in [0.29, 0.717) is 19.5 Å². The highest BCUT2D eigenvalue weighted by Gasteiger charge is 2.31. The Balaban J connectivity index is 2.12. The maximum Gasteiger partial charge on any atom is 0.303 e. The Morgan fingerprint density at radius 2 is 2.06 bits per heavy atom. The van der Waals surface area contributed by atoms with Crippen molar-refractivity contribution in [2.75, 3.05) is 13.1 Å². The van der Waals surface area contributed by atoms with Crippen LogP contribution in [0.5, 0.6) is 0 Å². The Morgan fingerprint density at radius 3 is 2.59 bits per heavy atom. The van der Waals surface area contributed by atoms with Crippen LogP contribution < -0.4 is 5.32 Å². The van der Waals surface area contributed by atoms with Gasteiger partial charge < -0.3 is 15.5 Å². The molecular formula is C13H25NO3. The van der Waals surface area contributed by atoms with Crippen LogP contribution in [-0.4, -0.2) is 34.9 Å². The Kier molecular flexibility index (Phi) is 5.92. The number of carboxylic acid groups (broad SMARTS) is 1. The molecule has 0 bridgehead atoms. The average molecular weight is 243 g/mol. The Bertz CT molecular complexity index is 235. The summed E-state index contributed by atoms with van der Waals surface area (Å²) in [4.78, 5) is 10.3. The van der Waals surface area contributed by atoms with Crippen LogP contribution in [-0.2, 0) is 4.79 Å². The van der Waals surface area contributed by atoms with Gasteiger partial charge in [0.1, 0.15) is 0 Å². The lowest BCUT2D eigenvalue weighted by atomic mass is 9.78. The number of rotatable bonds is 7. The number of carbonyl (C=O) groups is 1. The second kappa shape index (κ2) is 6.97. The molecule has 0 aromatic rings. The number of aliphatic carboxylic acids is 1. The lowest BCUT2D eigenvalue weighted by Crippen LogP contribution is -2.43. The Hall–Kier alpha value is -0.610. The van der Waals surface area contributed by atoms with Crippen LogP contribution in [0.25, 0.3) is 0 Å². The van der Waals surface area contributed by atoms with Gasteiger partial charge in [0.2, 0.25) is 0 Å². The molecule has 100 valence electrons. The zero-order valence-electron chi connectivity index (χ0n) is 10.7. The summed E-state index contributed by atoms with van der Waals surface area (Å²) in [6.07, 6.45) is 6.01. The molecule has 0 spiro atoms. The minimum atomic E-state index is -0.756. The van der Waals surface area contributed by atoms with Gasteiger partial charge in [-0.3, -0.25) is 4.79 Å². The van der Waals surface area contributed by atoms with Crippen molar-refractivity contribution in [3.63, 3.8) is 0 Å². The number of hydrogen-bond donors (Lipinski definition) is 3. The zero-order valence-corrected chi connectivity index (χ0v) is 10.7. The SMILES string of the molecule is CCC1CCC(O)(CNCCCC(=O)O)CC1. The number of carboxylic acids is 1. The second-order valence-electron chi connectivity index (χ2n) is 5.25. The fourth-order valence-corrected chi connectivity index (χ4v) is 2.49. The predicted molar refractivity (Wildman–Crippen MR) is 66.9 cm³/mol. The molecule has 4 nitrogen and oxygen atoms in total. The molecule has 0 atom stereocenters. The van der Waals surface area contributed by atoms with Crippen LogP contribution in [0.15, 0.2) is 0 Å². The molecule has 4 heteroatoms. The van der Waals surface area contributed by atoms with Crippen molar-refractivity contribution in [2.45, 2.75) is 57.5 Å². The van der Waals surface area contributed by atoms with Crippen LogP contribution in [0.2, 0.25) is 0 Å². The van der Waals surface area contributed by atoms with Gasteiger partial charge >= 0.3 is 5.97 Å². The molecule has 0 aromatic heterocycles. The summed E-state index contributed by atoms with van der Waals surface area (Å²) in [6, 6.07) is 0. The summed E-state index contributed by atoms with van der Waals surface area (Å²) < 4.78 is 0. The van der Waals surface area contributed by atoms with Crippen molar-refractivity contribution in [3.05, 3.63) is 0 Å². The molecule has 0 amide bonds. The maximum absolute atomic E-state index is 10.3. The highest BCUT2D eigenvalue weighted by molar-refractivity contribution is 5.66. The minimum Gasteiger partial charge on any atom is -0.481 e. The standard InChI is InChI=1S/C13H25NO3/c1-2-11-5-7-13(17,8-6-11)10-14-9-3-4-12(15)16/h11,14,17H,2-10H2,1H3,(H,15,16). The molecular weight excluding hydrogens is 218 g/mol. The molecule has 1 aliphatic carbocycles. The van der Waals surface area contributed by atoms with Gasteiger partial charge in [0, 0.05) is 13.0 Å². The third-order valence-corrected chi connectivity index (χ3v) is 3.81. The largest absolute Gasteiger partial charge is 0.481 e. The average Bonchev–Trinajstić information content (AvgIpc) is 2.29. The Labute approximate surface area is 103 Å². The van der Waals surface area contributed by atoms with Crippen LogP contribution in [0, 0.1) is 5.92 Å². The third kappa shape index (κ3) is 5.50. The highest BCUT2D eigenvalue weighted by Crippen LogP contribution is 2.33. The predicted octanol–water partition coefficient (Wildman–Crippen LogP) is 1.77. The fourth-order valence-electron chi connectivity index (χ4n) is 2.49. The molecule has 0 aliphatic heterocycles. The van der Waals surface area contributed by atoms with Crippen molar-refractivity contribution in [3.8, 4) is 0 Å². The highest BCUT2D eigenvalue weighted by atomic mass is 16.4. The van der Waals surface area contributed by atoms with E-state index in [1.807, 2.05) is 0 Å². The smallest absolute Gasteiger partial charge is 0.303 e. The lowest BCUT2D eigenvalue weighted by molar-refractivity contribution is -0.137. The van der Waals surface area contributed by atoms with E-state index in [1.165, 1.54) is 6.42 Å². The maximum atomic E-state index is 10.3. The molecule has 1 fully saturated rings. The van der Waals surface area contributed by atoms with E-state index in [0.717, 1.165) is 31.6 Å². The van der Waals surface area contributed by atoms with Crippen molar-refractivity contribution >= 4 is 5.97 Å². The summed E-state index contributed by atoms with van der Waals surface area (Å²) >= 11 is 0. The van der Waals surface area contributed by atoms with Gasteiger partial charge in [0.15, 0.2) is 0 Å². The van der Waals surface area contributed by atoms with E-state index in [4.69, 9.17) is 5.11 Å². The molecule has 0 unspecified atom stereocenters. The van der Waals surface area contributed by atoms with Crippen molar-refractivity contribution < 1.29 is 15.0 Å². The summed E-state index contributed by atoms with van der Waals surface area (Å²) in [6.45, 7) is 3.48. The monoisotopic (exact) mass is 243 g/mol. The summed E-state index contributed by atoms with van der Waals surface area (Å²) in [5, 5.41) is 22.0. The molecule has 0 heterocycles. The van der Waals surface area contributed by atoms with E-state index < -0.39 is 11.6 Å². The number of nitrogens with one attached hydrogen (secondary N) is 1. The van der Waals surface area contributed by atoms with Crippen LogP contribution >= 0.6 is 0 Å². The van der Waals surface area contributed by atoms with Crippen molar-refractivity contribution in [1.82, 2.24) is 5.32 Å². The quantitative estimate of drug-likeness (QED) is 0.596. The van der Waals surface area contributed by atoms with Gasteiger partial charge in [-0.2, -0.15) is 0 Å². The molecule has 0 aromatic carbocycles. The molecule has 3 N–H and O–H groups in total.